The molecule has 1 N–H and O–H groups in total. The molecule has 2 atom stereocenters. The highest BCUT2D eigenvalue weighted by molar-refractivity contribution is 6.00. The molecular formula is C24H31NO5. The van der Waals surface area contributed by atoms with Gasteiger partial charge in [0.15, 0.2) is 5.78 Å². The number of carbonyl (C=O) groups is 2. The molecule has 0 fully saturated rings. The van der Waals surface area contributed by atoms with Crippen LogP contribution >= 0.6 is 0 Å². The van der Waals surface area contributed by atoms with Gasteiger partial charge in [-0.05, 0) is 36.5 Å². The fraction of sp³-hybridized carbons (Fsp3) is 0.500. The van der Waals surface area contributed by atoms with Gasteiger partial charge in [-0.1, -0.05) is 26.5 Å². The Kier molecular flexibility index (Phi) is 6.36. The van der Waals surface area contributed by atoms with Crippen molar-refractivity contribution in [3.63, 3.8) is 0 Å². The van der Waals surface area contributed by atoms with E-state index in [2.05, 4.69) is 25.7 Å². The fourth-order valence-electron chi connectivity index (χ4n) is 4.58. The molecule has 162 valence electrons. The lowest BCUT2D eigenvalue weighted by atomic mass is 9.66. The third-order valence-electron chi connectivity index (χ3n) is 5.76. The summed E-state index contributed by atoms with van der Waals surface area (Å²) in [5, 5.41) is 3.27. The largest absolute Gasteiger partial charge is 0.496 e. The summed E-state index contributed by atoms with van der Waals surface area (Å²) in [6.45, 7) is 10.7. The molecule has 1 aliphatic carbocycles. The van der Waals surface area contributed by atoms with Crippen LogP contribution in [0, 0.1) is 11.3 Å². The molecule has 1 aliphatic heterocycles. The Morgan fingerprint density at radius 2 is 2.00 bits per heavy atom. The molecule has 1 aromatic carbocycles. The highest BCUT2D eigenvalue weighted by Crippen LogP contribution is 2.48. The molecule has 2 aliphatic rings. The Labute approximate surface area is 178 Å². The molecule has 6 nitrogen and oxygen atoms in total. The second kappa shape index (κ2) is 8.64. The zero-order valence-corrected chi connectivity index (χ0v) is 18.5. The molecule has 0 aromatic heterocycles. The number of allylic oxidation sites excluding steroid dienone is 2. The minimum absolute atomic E-state index is 0.0599. The van der Waals surface area contributed by atoms with Crippen molar-refractivity contribution in [2.24, 2.45) is 11.3 Å². The van der Waals surface area contributed by atoms with Crippen molar-refractivity contribution in [3.05, 3.63) is 52.9 Å². The predicted octanol–water partition coefficient (Wildman–Crippen LogP) is 3.86. The first kappa shape index (κ1) is 22.1. The van der Waals surface area contributed by atoms with Crippen LogP contribution in [0.5, 0.6) is 5.75 Å². The third kappa shape index (κ3) is 4.15. The van der Waals surface area contributed by atoms with E-state index < -0.39 is 11.8 Å². The molecule has 0 radical (unpaired) electrons. The van der Waals surface area contributed by atoms with Crippen LogP contribution in [0.1, 0.15) is 50.7 Å². The topological polar surface area (TPSA) is 73.9 Å². The SMILES string of the molecule is C=C1NC2=C(C(=O)CC(C)(C)C2)C(c2ccc(OC)c(COC)c2)C1C(=O)OCC. The molecule has 0 saturated carbocycles. The number of ketones is 1. The van der Waals surface area contributed by atoms with E-state index in [1.165, 1.54) is 0 Å². The number of Topliss-reactive ketones (excluding diaryl/α,β-unsaturated/α-hetero) is 1. The molecule has 0 bridgehead atoms. The van der Waals surface area contributed by atoms with E-state index in [9.17, 15) is 9.59 Å². The van der Waals surface area contributed by atoms with Crippen molar-refractivity contribution in [1.29, 1.82) is 0 Å². The van der Waals surface area contributed by atoms with E-state index in [0.29, 0.717) is 30.0 Å². The standard InChI is InChI=1S/C24H31NO5/c1-7-30-23(27)20-14(2)25-17-11-24(3,4)12-18(26)22(17)21(20)15-8-9-19(29-6)16(10-15)13-28-5/h8-10,20-21,25H,2,7,11-13H2,1,3-6H3. The normalized spacial score (nSPS) is 23.0. The highest BCUT2D eigenvalue weighted by Gasteiger charge is 2.46. The molecule has 1 aromatic rings. The molecule has 6 heteroatoms. The van der Waals surface area contributed by atoms with E-state index in [-0.39, 0.29) is 23.8 Å². The van der Waals surface area contributed by atoms with Gasteiger partial charge in [-0.15, -0.1) is 0 Å². The van der Waals surface area contributed by atoms with Gasteiger partial charge < -0.3 is 19.5 Å². The molecule has 0 saturated heterocycles. The van der Waals surface area contributed by atoms with E-state index in [4.69, 9.17) is 14.2 Å². The third-order valence-corrected chi connectivity index (χ3v) is 5.76. The monoisotopic (exact) mass is 413 g/mol. The Balaban J connectivity index is 2.18. The van der Waals surface area contributed by atoms with Crippen molar-refractivity contribution in [1.82, 2.24) is 5.32 Å². The van der Waals surface area contributed by atoms with Gasteiger partial charge in [-0.25, -0.2) is 0 Å². The van der Waals surface area contributed by atoms with Crippen LogP contribution in [0.2, 0.25) is 0 Å². The fourth-order valence-corrected chi connectivity index (χ4v) is 4.58. The van der Waals surface area contributed by atoms with Crippen LogP contribution in [0.25, 0.3) is 0 Å². The summed E-state index contributed by atoms with van der Waals surface area (Å²) in [4.78, 5) is 26.2. The Bertz CT molecular complexity index is 899. The number of carbonyl (C=O) groups excluding carboxylic acids is 2. The van der Waals surface area contributed by atoms with Gasteiger partial charge in [-0.2, -0.15) is 0 Å². The second-order valence-corrected chi connectivity index (χ2v) is 8.70. The Morgan fingerprint density at radius 1 is 1.27 bits per heavy atom. The van der Waals surface area contributed by atoms with Crippen LogP contribution in [0.3, 0.4) is 0 Å². The van der Waals surface area contributed by atoms with Crippen LogP contribution < -0.4 is 10.1 Å². The van der Waals surface area contributed by atoms with Crippen LogP contribution in [-0.4, -0.2) is 32.6 Å². The molecule has 3 rings (SSSR count). The molecule has 30 heavy (non-hydrogen) atoms. The van der Waals surface area contributed by atoms with E-state index in [0.717, 1.165) is 23.2 Å². The first-order valence-corrected chi connectivity index (χ1v) is 10.3. The average molecular weight is 414 g/mol. The van der Waals surface area contributed by atoms with Crippen LogP contribution in [0.15, 0.2) is 41.7 Å². The lowest BCUT2D eigenvalue weighted by molar-refractivity contribution is -0.147. The van der Waals surface area contributed by atoms with Crippen LogP contribution in [0.4, 0.5) is 0 Å². The van der Waals surface area contributed by atoms with Gasteiger partial charge in [-0.3, -0.25) is 9.59 Å². The molecular weight excluding hydrogens is 382 g/mol. The number of rotatable bonds is 6. The van der Waals surface area contributed by atoms with Crippen molar-refractivity contribution < 1.29 is 23.8 Å². The molecule has 0 amide bonds. The minimum atomic E-state index is -0.683. The maximum Gasteiger partial charge on any atom is 0.315 e. The number of esters is 1. The lowest BCUT2D eigenvalue weighted by Gasteiger charge is -2.42. The minimum Gasteiger partial charge on any atom is -0.496 e. The number of nitrogens with one attached hydrogen (secondary N) is 1. The number of methoxy groups -OCH3 is 2. The number of benzene rings is 1. The van der Waals surface area contributed by atoms with Gasteiger partial charge in [0.05, 0.1) is 20.3 Å². The molecule has 2 unspecified atom stereocenters. The first-order chi connectivity index (χ1) is 14.2. The molecule has 0 spiro atoms. The van der Waals surface area contributed by atoms with E-state index >= 15 is 0 Å². The van der Waals surface area contributed by atoms with Gasteiger partial charge in [0, 0.05) is 42.0 Å². The van der Waals surface area contributed by atoms with Gasteiger partial charge in [0.1, 0.15) is 11.7 Å². The summed E-state index contributed by atoms with van der Waals surface area (Å²) in [6.07, 6.45) is 1.16. The zero-order valence-electron chi connectivity index (χ0n) is 18.5. The number of ether oxygens (including phenoxy) is 3. The van der Waals surface area contributed by atoms with Crippen molar-refractivity contribution >= 4 is 11.8 Å². The van der Waals surface area contributed by atoms with Gasteiger partial charge >= 0.3 is 5.97 Å². The summed E-state index contributed by atoms with van der Waals surface area (Å²) in [6, 6.07) is 5.72. The zero-order chi connectivity index (χ0) is 22.1. The van der Waals surface area contributed by atoms with Gasteiger partial charge in [0.2, 0.25) is 0 Å². The van der Waals surface area contributed by atoms with Crippen molar-refractivity contribution in [2.75, 3.05) is 20.8 Å². The van der Waals surface area contributed by atoms with Crippen molar-refractivity contribution in [2.45, 2.75) is 46.1 Å². The lowest BCUT2D eigenvalue weighted by Crippen LogP contribution is -2.43. The van der Waals surface area contributed by atoms with Gasteiger partial charge in [0.25, 0.3) is 0 Å². The quantitative estimate of drug-likeness (QED) is 0.714. The van der Waals surface area contributed by atoms with E-state index in [1.54, 1.807) is 21.1 Å². The summed E-state index contributed by atoms with van der Waals surface area (Å²) in [7, 11) is 3.22. The summed E-state index contributed by atoms with van der Waals surface area (Å²) in [5.74, 6) is -0.764. The molecule has 1 heterocycles. The Morgan fingerprint density at radius 3 is 2.63 bits per heavy atom. The average Bonchev–Trinajstić information content (AvgIpc) is 2.66. The summed E-state index contributed by atoms with van der Waals surface area (Å²) >= 11 is 0. The van der Waals surface area contributed by atoms with Crippen molar-refractivity contribution in [3.8, 4) is 5.75 Å². The Hall–Kier alpha value is -2.60. The predicted molar refractivity (Wildman–Crippen MR) is 114 cm³/mol. The smallest absolute Gasteiger partial charge is 0.315 e. The second-order valence-electron chi connectivity index (χ2n) is 8.70. The van der Waals surface area contributed by atoms with E-state index in [1.807, 2.05) is 18.2 Å². The van der Waals surface area contributed by atoms with Crippen LogP contribution in [-0.2, 0) is 25.7 Å². The maximum absolute atomic E-state index is 13.3. The first-order valence-electron chi connectivity index (χ1n) is 10.3. The summed E-state index contributed by atoms with van der Waals surface area (Å²) in [5.41, 5.74) is 3.64. The number of hydrogen-bond acceptors (Lipinski definition) is 6. The maximum atomic E-state index is 13.3. The summed E-state index contributed by atoms with van der Waals surface area (Å²) < 4.78 is 16.1. The highest BCUT2D eigenvalue weighted by atomic mass is 16.5. The number of hydrogen-bond donors (Lipinski definition) is 1.